The third kappa shape index (κ3) is 1.26. The standard InChI is InChI=1S/C6H6N2O4/c1-3-2-8(6(11)12)7-4(3)5(9)10/h2H,1H3,(H,9,10)(H,11,12). The molecular weight excluding hydrogens is 164 g/mol. The maximum Gasteiger partial charge on any atom is 0.432 e. The fourth-order valence-electron chi connectivity index (χ4n) is 0.769. The molecule has 0 aromatic carbocycles. The average molecular weight is 170 g/mol. The lowest BCUT2D eigenvalue weighted by Crippen LogP contribution is -2.09. The van der Waals surface area contributed by atoms with E-state index < -0.39 is 12.1 Å². The highest BCUT2D eigenvalue weighted by Gasteiger charge is 2.14. The molecule has 0 unspecified atom stereocenters. The topological polar surface area (TPSA) is 92.4 Å². The van der Waals surface area contributed by atoms with Crippen LogP contribution in [0.4, 0.5) is 4.79 Å². The van der Waals surface area contributed by atoms with Crippen LogP contribution in [-0.4, -0.2) is 32.1 Å². The summed E-state index contributed by atoms with van der Waals surface area (Å²) in [6, 6.07) is 0. The third-order valence-corrected chi connectivity index (χ3v) is 1.30. The van der Waals surface area contributed by atoms with Gasteiger partial charge in [0.25, 0.3) is 0 Å². The van der Waals surface area contributed by atoms with Gasteiger partial charge >= 0.3 is 12.1 Å². The van der Waals surface area contributed by atoms with Crippen LogP contribution in [0.3, 0.4) is 0 Å². The first-order chi connectivity index (χ1) is 5.52. The zero-order valence-electron chi connectivity index (χ0n) is 6.18. The number of hydrogen-bond donors (Lipinski definition) is 2. The molecule has 0 saturated carbocycles. The summed E-state index contributed by atoms with van der Waals surface area (Å²) in [5, 5.41) is 20.2. The fraction of sp³-hybridized carbons (Fsp3) is 0.167. The molecule has 0 aliphatic carbocycles. The molecule has 1 aromatic rings. The molecule has 0 amide bonds. The van der Waals surface area contributed by atoms with Crippen molar-refractivity contribution in [3.63, 3.8) is 0 Å². The molecular formula is C6H6N2O4. The van der Waals surface area contributed by atoms with E-state index in [2.05, 4.69) is 5.10 Å². The Hall–Kier alpha value is -1.85. The first-order valence-electron chi connectivity index (χ1n) is 3.05. The molecule has 1 aromatic heterocycles. The van der Waals surface area contributed by atoms with E-state index in [1.54, 1.807) is 0 Å². The normalized spacial score (nSPS) is 9.75. The van der Waals surface area contributed by atoms with E-state index >= 15 is 0 Å². The van der Waals surface area contributed by atoms with Crippen LogP contribution < -0.4 is 0 Å². The van der Waals surface area contributed by atoms with Crippen LogP contribution in [-0.2, 0) is 0 Å². The number of carbonyl (C=O) groups is 2. The summed E-state index contributed by atoms with van der Waals surface area (Å²) < 4.78 is 0.568. The van der Waals surface area contributed by atoms with Gasteiger partial charge < -0.3 is 10.2 Å². The maximum absolute atomic E-state index is 10.4. The Kier molecular flexibility index (Phi) is 1.82. The molecule has 0 aliphatic heterocycles. The molecule has 1 rings (SSSR count). The number of aromatic carboxylic acids is 1. The van der Waals surface area contributed by atoms with E-state index in [4.69, 9.17) is 10.2 Å². The third-order valence-electron chi connectivity index (χ3n) is 1.30. The Bertz CT molecular complexity index is 341. The van der Waals surface area contributed by atoms with Crippen LogP contribution in [0.5, 0.6) is 0 Å². The zero-order valence-corrected chi connectivity index (χ0v) is 6.18. The summed E-state index contributed by atoms with van der Waals surface area (Å²) >= 11 is 0. The highest BCUT2D eigenvalue weighted by molar-refractivity contribution is 5.87. The number of aromatic nitrogens is 2. The van der Waals surface area contributed by atoms with Gasteiger partial charge in [0.1, 0.15) is 0 Å². The quantitative estimate of drug-likeness (QED) is 0.636. The van der Waals surface area contributed by atoms with Gasteiger partial charge in [0.05, 0.1) is 0 Å². The molecule has 0 radical (unpaired) electrons. The van der Waals surface area contributed by atoms with Crippen molar-refractivity contribution >= 4 is 12.1 Å². The number of rotatable bonds is 1. The molecule has 0 saturated heterocycles. The Morgan fingerprint density at radius 1 is 1.50 bits per heavy atom. The smallest absolute Gasteiger partial charge is 0.432 e. The second kappa shape index (κ2) is 2.65. The highest BCUT2D eigenvalue weighted by Crippen LogP contribution is 2.04. The summed E-state index contributed by atoms with van der Waals surface area (Å²) in [5.41, 5.74) is 0.0855. The minimum absolute atomic E-state index is 0.239. The Balaban J connectivity index is 3.17. The van der Waals surface area contributed by atoms with Crippen molar-refractivity contribution in [1.82, 2.24) is 9.78 Å². The molecule has 1 heterocycles. The number of carboxylic acids is 1. The van der Waals surface area contributed by atoms with E-state index in [1.165, 1.54) is 6.92 Å². The van der Waals surface area contributed by atoms with Crippen LogP contribution in [0.25, 0.3) is 0 Å². The van der Waals surface area contributed by atoms with Gasteiger partial charge in [0.2, 0.25) is 0 Å². The second-order valence-corrected chi connectivity index (χ2v) is 2.19. The van der Waals surface area contributed by atoms with Crippen LogP contribution in [0.15, 0.2) is 6.20 Å². The molecule has 6 heteroatoms. The minimum Gasteiger partial charge on any atom is -0.476 e. The number of nitrogens with zero attached hydrogens (tertiary/aromatic N) is 2. The van der Waals surface area contributed by atoms with Crippen molar-refractivity contribution < 1.29 is 19.8 Å². The molecule has 0 atom stereocenters. The summed E-state index contributed by atoms with van der Waals surface area (Å²) in [4.78, 5) is 20.7. The van der Waals surface area contributed by atoms with Gasteiger partial charge in [-0.15, -0.1) is 0 Å². The van der Waals surface area contributed by atoms with E-state index in [-0.39, 0.29) is 5.69 Å². The van der Waals surface area contributed by atoms with Gasteiger partial charge in [-0.1, -0.05) is 0 Å². The van der Waals surface area contributed by atoms with E-state index in [0.717, 1.165) is 6.20 Å². The van der Waals surface area contributed by atoms with Crippen molar-refractivity contribution in [1.29, 1.82) is 0 Å². The van der Waals surface area contributed by atoms with Crippen LogP contribution in [0, 0.1) is 6.92 Å². The van der Waals surface area contributed by atoms with Gasteiger partial charge in [-0.2, -0.15) is 9.78 Å². The number of aryl methyl sites for hydroxylation is 1. The first kappa shape index (κ1) is 8.25. The van der Waals surface area contributed by atoms with E-state index in [1.807, 2.05) is 0 Å². The molecule has 0 bridgehead atoms. The lowest BCUT2D eigenvalue weighted by Gasteiger charge is -1.87. The molecule has 6 nitrogen and oxygen atoms in total. The van der Waals surface area contributed by atoms with Crippen molar-refractivity contribution in [2.24, 2.45) is 0 Å². The highest BCUT2D eigenvalue weighted by atomic mass is 16.4. The first-order valence-corrected chi connectivity index (χ1v) is 3.05. The molecule has 2 N–H and O–H groups in total. The van der Waals surface area contributed by atoms with Gasteiger partial charge in [0, 0.05) is 11.8 Å². The van der Waals surface area contributed by atoms with E-state index in [0.29, 0.717) is 10.2 Å². The summed E-state index contributed by atoms with van der Waals surface area (Å²) in [6.45, 7) is 1.48. The monoisotopic (exact) mass is 170 g/mol. The molecule has 0 spiro atoms. The number of carboxylic acid groups (broad SMARTS) is 2. The predicted octanol–water partition coefficient (Wildman–Crippen LogP) is 0.416. The largest absolute Gasteiger partial charge is 0.476 e. The Morgan fingerprint density at radius 3 is 2.33 bits per heavy atom. The second-order valence-electron chi connectivity index (χ2n) is 2.19. The van der Waals surface area contributed by atoms with Crippen molar-refractivity contribution in [2.45, 2.75) is 6.92 Å². The van der Waals surface area contributed by atoms with Crippen LogP contribution in [0.2, 0.25) is 0 Å². The molecule has 0 fully saturated rings. The van der Waals surface area contributed by atoms with Crippen LogP contribution >= 0.6 is 0 Å². The summed E-state index contributed by atoms with van der Waals surface area (Å²) in [5.74, 6) is -1.23. The lowest BCUT2D eigenvalue weighted by atomic mass is 10.3. The van der Waals surface area contributed by atoms with Gasteiger partial charge in [-0.05, 0) is 6.92 Å². The maximum atomic E-state index is 10.4. The Labute approximate surface area is 67.0 Å². The Morgan fingerprint density at radius 2 is 2.08 bits per heavy atom. The SMILES string of the molecule is Cc1cn(C(=O)O)nc1C(=O)O. The van der Waals surface area contributed by atoms with Gasteiger partial charge in [-0.3, -0.25) is 0 Å². The average Bonchev–Trinajstić information content (AvgIpc) is 2.30. The summed E-state index contributed by atoms with van der Waals surface area (Å²) in [7, 11) is 0. The van der Waals surface area contributed by atoms with Crippen molar-refractivity contribution in [3.8, 4) is 0 Å². The summed E-state index contributed by atoms with van der Waals surface area (Å²) in [6.07, 6.45) is -0.156. The van der Waals surface area contributed by atoms with Gasteiger partial charge in [0.15, 0.2) is 5.69 Å². The van der Waals surface area contributed by atoms with E-state index in [9.17, 15) is 9.59 Å². The van der Waals surface area contributed by atoms with Crippen molar-refractivity contribution in [2.75, 3.05) is 0 Å². The van der Waals surface area contributed by atoms with Crippen molar-refractivity contribution in [3.05, 3.63) is 17.5 Å². The fourth-order valence-corrected chi connectivity index (χ4v) is 0.769. The molecule has 0 aliphatic rings. The molecule has 64 valence electrons. The zero-order chi connectivity index (χ0) is 9.30. The molecule has 12 heavy (non-hydrogen) atoms. The number of hydrogen-bond acceptors (Lipinski definition) is 3. The predicted molar refractivity (Wildman–Crippen MR) is 37.3 cm³/mol. The lowest BCUT2D eigenvalue weighted by molar-refractivity contribution is 0.0689. The van der Waals surface area contributed by atoms with Gasteiger partial charge in [-0.25, -0.2) is 9.59 Å². The minimum atomic E-state index is -1.30. The van der Waals surface area contributed by atoms with Crippen LogP contribution in [0.1, 0.15) is 16.1 Å².